The van der Waals surface area contributed by atoms with Gasteiger partial charge >= 0.3 is 0 Å². The number of carbonyl (C=O) groups excluding carboxylic acids is 1. The number of ether oxygens (including phenoxy) is 3. The molecule has 0 fully saturated rings. The minimum absolute atomic E-state index is 0.00791. The molecule has 1 amide bonds. The van der Waals surface area contributed by atoms with Gasteiger partial charge in [0, 0.05) is 12.0 Å². The van der Waals surface area contributed by atoms with Gasteiger partial charge in [0.15, 0.2) is 18.1 Å². The van der Waals surface area contributed by atoms with E-state index in [0.29, 0.717) is 23.8 Å². The van der Waals surface area contributed by atoms with E-state index < -0.39 is 0 Å². The van der Waals surface area contributed by atoms with Gasteiger partial charge in [-0.25, -0.2) is 0 Å². The summed E-state index contributed by atoms with van der Waals surface area (Å²) in [6, 6.07) is 15.1. The Hall–Kier alpha value is -2.69. The molecule has 0 saturated heterocycles. The zero-order valence-corrected chi connectivity index (χ0v) is 15.2. The van der Waals surface area contributed by atoms with E-state index in [2.05, 4.69) is 19.2 Å². The van der Waals surface area contributed by atoms with Crippen molar-refractivity contribution < 1.29 is 19.0 Å². The predicted molar refractivity (Wildman–Crippen MR) is 97.5 cm³/mol. The van der Waals surface area contributed by atoms with E-state index in [-0.39, 0.29) is 17.9 Å². The molecule has 0 atom stereocenters. The predicted octanol–water partition coefficient (Wildman–Crippen LogP) is 3.18. The molecule has 0 bridgehead atoms. The first-order chi connectivity index (χ1) is 12.0. The largest absolute Gasteiger partial charge is 0.493 e. The molecule has 0 heterocycles. The molecule has 0 saturated carbocycles. The molecule has 25 heavy (non-hydrogen) atoms. The van der Waals surface area contributed by atoms with Crippen LogP contribution in [0.1, 0.15) is 19.4 Å². The first-order valence-electron chi connectivity index (χ1n) is 8.13. The molecule has 2 rings (SSSR count). The van der Waals surface area contributed by atoms with Crippen molar-refractivity contribution in [1.82, 2.24) is 5.32 Å². The van der Waals surface area contributed by atoms with Gasteiger partial charge in [-0.2, -0.15) is 0 Å². The highest BCUT2D eigenvalue weighted by molar-refractivity contribution is 5.77. The van der Waals surface area contributed by atoms with Gasteiger partial charge in [0.2, 0.25) is 0 Å². The number of amides is 1. The van der Waals surface area contributed by atoms with E-state index in [4.69, 9.17) is 14.2 Å². The number of carbonyl (C=O) groups is 1. The van der Waals surface area contributed by atoms with Gasteiger partial charge in [-0.05, 0) is 29.8 Å². The molecule has 5 nitrogen and oxygen atoms in total. The molecular formula is C20H25NO4. The second-order valence-electron chi connectivity index (χ2n) is 6.33. The van der Waals surface area contributed by atoms with Crippen molar-refractivity contribution >= 4 is 5.91 Å². The van der Waals surface area contributed by atoms with Crippen LogP contribution in [-0.2, 0) is 10.2 Å². The van der Waals surface area contributed by atoms with Crippen LogP contribution in [-0.4, -0.2) is 33.3 Å². The van der Waals surface area contributed by atoms with Crippen molar-refractivity contribution in [2.24, 2.45) is 0 Å². The SMILES string of the molecule is COc1ccc(C(C)(C)CNC(=O)COc2ccccc2)cc1OC. The smallest absolute Gasteiger partial charge is 0.257 e. The van der Waals surface area contributed by atoms with E-state index in [9.17, 15) is 4.79 Å². The molecule has 2 aromatic rings. The van der Waals surface area contributed by atoms with Crippen LogP contribution in [0.25, 0.3) is 0 Å². The lowest BCUT2D eigenvalue weighted by molar-refractivity contribution is -0.123. The monoisotopic (exact) mass is 343 g/mol. The lowest BCUT2D eigenvalue weighted by Gasteiger charge is -2.26. The summed E-state index contributed by atoms with van der Waals surface area (Å²) in [5.41, 5.74) is 0.788. The van der Waals surface area contributed by atoms with Gasteiger partial charge in [0.25, 0.3) is 5.91 Å². The number of hydrogen-bond acceptors (Lipinski definition) is 4. The first-order valence-corrected chi connectivity index (χ1v) is 8.13. The molecular weight excluding hydrogens is 318 g/mol. The topological polar surface area (TPSA) is 56.8 Å². The van der Waals surface area contributed by atoms with Crippen LogP contribution in [0.5, 0.6) is 17.2 Å². The van der Waals surface area contributed by atoms with Gasteiger partial charge in [-0.3, -0.25) is 4.79 Å². The normalized spacial score (nSPS) is 10.9. The summed E-state index contributed by atoms with van der Waals surface area (Å²) in [5, 5.41) is 2.92. The summed E-state index contributed by atoms with van der Waals surface area (Å²) in [4.78, 5) is 12.0. The van der Waals surface area contributed by atoms with Crippen LogP contribution in [0, 0.1) is 0 Å². The first kappa shape index (κ1) is 18.6. The molecule has 0 radical (unpaired) electrons. The van der Waals surface area contributed by atoms with Crippen LogP contribution in [0.15, 0.2) is 48.5 Å². The molecule has 134 valence electrons. The van der Waals surface area contributed by atoms with Crippen LogP contribution < -0.4 is 19.5 Å². The molecule has 0 unspecified atom stereocenters. The lowest BCUT2D eigenvalue weighted by atomic mass is 9.84. The van der Waals surface area contributed by atoms with E-state index in [1.54, 1.807) is 14.2 Å². The Morgan fingerprint density at radius 2 is 1.68 bits per heavy atom. The quantitative estimate of drug-likeness (QED) is 0.800. The minimum Gasteiger partial charge on any atom is -0.493 e. The van der Waals surface area contributed by atoms with Crippen molar-refractivity contribution in [2.75, 3.05) is 27.4 Å². The summed E-state index contributed by atoms with van der Waals surface area (Å²) in [6.45, 7) is 4.60. The van der Waals surface area contributed by atoms with Gasteiger partial charge in [-0.15, -0.1) is 0 Å². The molecule has 1 N–H and O–H groups in total. The third-order valence-corrected chi connectivity index (χ3v) is 4.01. The molecule has 5 heteroatoms. The van der Waals surface area contributed by atoms with Crippen LogP contribution in [0.2, 0.25) is 0 Å². The van der Waals surface area contributed by atoms with E-state index >= 15 is 0 Å². The Kier molecular flexibility index (Phi) is 6.28. The summed E-state index contributed by atoms with van der Waals surface area (Å²) < 4.78 is 16.1. The molecule has 0 aromatic heterocycles. The number of rotatable bonds is 8. The lowest BCUT2D eigenvalue weighted by Crippen LogP contribution is -2.38. The van der Waals surface area contributed by atoms with Gasteiger partial charge in [-0.1, -0.05) is 38.1 Å². The highest BCUT2D eigenvalue weighted by Crippen LogP contribution is 2.32. The van der Waals surface area contributed by atoms with Crippen LogP contribution >= 0.6 is 0 Å². The molecule has 0 aliphatic heterocycles. The third-order valence-electron chi connectivity index (χ3n) is 4.01. The Morgan fingerprint density at radius 3 is 2.32 bits per heavy atom. The van der Waals surface area contributed by atoms with Gasteiger partial charge < -0.3 is 19.5 Å². The minimum atomic E-state index is -0.262. The number of nitrogens with one attached hydrogen (secondary N) is 1. The fraction of sp³-hybridized carbons (Fsp3) is 0.350. The zero-order valence-electron chi connectivity index (χ0n) is 15.2. The maximum absolute atomic E-state index is 12.0. The maximum atomic E-state index is 12.0. The van der Waals surface area contributed by atoms with Crippen LogP contribution in [0.3, 0.4) is 0 Å². The molecule has 2 aromatic carbocycles. The standard InChI is InChI=1S/C20H25NO4/c1-20(2,15-10-11-17(23-3)18(12-15)24-4)14-21-19(22)13-25-16-8-6-5-7-9-16/h5-12H,13-14H2,1-4H3,(H,21,22). The highest BCUT2D eigenvalue weighted by Gasteiger charge is 2.23. The Balaban J connectivity index is 1.93. The third kappa shape index (κ3) is 5.14. The Labute approximate surface area is 148 Å². The van der Waals surface area contributed by atoms with Crippen LogP contribution in [0.4, 0.5) is 0 Å². The number of hydrogen-bond donors (Lipinski definition) is 1. The number of para-hydroxylation sites is 1. The fourth-order valence-corrected chi connectivity index (χ4v) is 2.40. The summed E-state index contributed by atoms with van der Waals surface area (Å²) in [7, 11) is 3.22. The Morgan fingerprint density at radius 1 is 1.00 bits per heavy atom. The van der Waals surface area contributed by atoms with Gasteiger partial charge in [0.1, 0.15) is 5.75 Å². The van der Waals surface area contributed by atoms with E-state index in [1.165, 1.54) is 0 Å². The molecule has 0 aliphatic carbocycles. The Bertz CT molecular complexity index is 698. The van der Waals surface area contributed by atoms with Gasteiger partial charge in [0.05, 0.1) is 14.2 Å². The summed E-state index contributed by atoms with van der Waals surface area (Å²) >= 11 is 0. The average Bonchev–Trinajstić information content (AvgIpc) is 2.65. The number of benzene rings is 2. The fourth-order valence-electron chi connectivity index (χ4n) is 2.40. The number of methoxy groups -OCH3 is 2. The molecule has 0 aliphatic rings. The van der Waals surface area contributed by atoms with Crippen molar-refractivity contribution in [3.63, 3.8) is 0 Å². The summed E-state index contributed by atoms with van der Waals surface area (Å²) in [6.07, 6.45) is 0. The van der Waals surface area contributed by atoms with Crippen molar-refractivity contribution in [3.8, 4) is 17.2 Å². The van der Waals surface area contributed by atoms with E-state index in [1.807, 2.05) is 48.5 Å². The maximum Gasteiger partial charge on any atom is 0.257 e. The highest BCUT2D eigenvalue weighted by atomic mass is 16.5. The van der Waals surface area contributed by atoms with Crippen molar-refractivity contribution in [3.05, 3.63) is 54.1 Å². The zero-order chi connectivity index (χ0) is 18.3. The van der Waals surface area contributed by atoms with Crippen molar-refractivity contribution in [2.45, 2.75) is 19.3 Å². The second-order valence-corrected chi connectivity index (χ2v) is 6.33. The second kappa shape index (κ2) is 8.42. The average molecular weight is 343 g/mol. The van der Waals surface area contributed by atoms with E-state index in [0.717, 1.165) is 5.56 Å². The summed E-state index contributed by atoms with van der Waals surface area (Å²) in [5.74, 6) is 1.88. The molecule has 0 spiro atoms. The van der Waals surface area contributed by atoms with Crippen molar-refractivity contribution in [1.29, 1.82) is 0 Å².